The number of para-hydroxylation sites is 1. The average molecular weight is 282 g/mol. The predicted molar refractivity (Wildman–Crippen MR) is 78.4 cm³/mol. The van der Waals surface area contributed by atoms with Crippen LogP contribution in [0.5, 0.6) is 5.75 Å². The van der Waals surface area contributed by atoms with E-state index in [4.69, 9.17) is 9.47 Å². The number of anilines is 1. The number of methoxy groups -OCH3 is 1. The van der Waals surface area contributed by atoms with Crippen LogP contribution in [0.4, 0.5) is 11.4 Å². The molecule has 1 aromatic carbocycles. The van der Waals surface area contributed by atoms with Crippen LogP contribution in [0, 0.1) is 16.0 Å². The Bertz CT molecular complexity index is 437. The molecule has 0 radical (unpaired) electrons. The largest absolute Gasteiger partial charge is 0.487 e. The van der Waals surface area contributed by atoms with E-state index in [1.54, 1.807) is 25.3 Å². The molecule has 112 valence electrons. The Balaban J connectivity index is 2.86. The van der Waals surface area contributed by atoms with Gasteiger partial charge in [-0.15, -0.1) is 0 Å². The summed E-state index contributed by atoms with van der Waals surface area (Å²) in [4.78, 5) is 10.8. The summed E-state index contributed by atoms with van der Waals surface area (Å²) in [5.74, 6) is 0.570. The lowest BCUT2D eigenvalue weighted by Crippen LogP contribution is -2.16. The van der Waals surface area contributed by atoms with Gasteiger partial charge in [0, 0.05) is 13.7 Å². The maximum absolute atomic E-state index is 11.2. The maximum Gasteiger partial charge on any atom is 0.333 e. The minimum absolute atomic E-state index is 0.00873. The van der Waals surface area contributed by atoms with Crippen molar-refractivity contribution < 1.29 is 14.4 Å². The van der Waals surface area contributed by atoms with Gasteiger partial charge in [-0.05, 0) is 24.5 Å². The second kappa shape index (κ2) is 8.37. The number of ether oxygens (including phenoxy) is 2. The van der Waals surface area contributed by atoms with Crippen molar-refractivity contribution in [1.82, 2.24) is 0 Å². The Morgan fingerprint density at radius 2 is 2.20 bits per heavy atom. The fourth-order valence-electron chi connectivity index (χ4n) is 1.81. The molecule has 0 aliphatic heterocycles. The van der Waals surface area contributed by atoms with E-state index in [0.29, 0.717) is 31.2 Å². The number of hydrogen-bond acceptors (Lipinski definition) is 5. The zero-order chi connectivity index (χ0) is 15.0. The van der Waals surface area contributed by atoms with E-state index < -0.39 is 4.92 Å². The van der Waals surface area contributed by atoms with Crippen LogP contribution in [0.1, 0.15) is 20.3 Å². The number of benzene rings is 1. The Labute approximate surface area is 119 Å². The van der Waals surface area contributed by atoms with E-state index >= 15 is 0 Å². The zero-order valence-electron chi connectivity index (χ0n) is 12.2. The number of nitro groups is 1. The molecule has 1 rings (SSSR count). The molecule has 6 heteroatoms. The molecule has 0 fully saturated rings. The summed E-state index contributed by atoms with van der Waals surface area (Å²) in [6.45, 7) is 5.64. The summed E-state index contributed by atoms with van der Waals surface area (Å²) in [6.07, 6.45) is 0.805. The Kier molecular flexibility index (Phi) is 6.79. The van der Waals surface area contributed by atoms with Crippen molar-refractivity contribution in [3.63, 3.8) is 0 Å². The molecule has 0 aromatic heterocycles. The van der Waals surface area contributed by atoms with Crippen LogP contribution >= 0.6 is 0 Å². The van der Waals surface area contributed by atoms with Crippen molar-refractivity contribution in [2.24, 2.45) is 5.92 Å². The lowest BCUT2D eigenvalue weighted by Gasteiger charge is -2.14. The molecule has 0 heterocycles. The SMILES string of the molecule is CCCOc1cccc(NCC(C)COC)c1[N+](=O)[O-]. The quantitative estimate of drug-likeness (QED) is 0.556. The standard InChI is InChI=1S/C14H22N2O4/c1-4-8-20-13-7-5-6-12(14(13)16(17)18)15-9-11(2)10-19-3/h5-7,11,15H,4,8-10H2,1-3H3. The summed E-state index contributed by atoms with van der Waals surface area (Å²) >= 11 is 0. The molecular formula is C14H22N2O4. The molecule has 0 aliphatic carbocycles. The highest BCUT2D eigenvalue weighted by atomic mass is 16.6. The molecule has 1 aromatic rings. The van der Waals surface area contributed by atoms with E-state index in [-0.39, 0.29) is 11.6 Å². The first kappa shape index (κ1) is 16.2. The summed E-state index contributed by atoms with van der Waals surface area (Å²) in [7, 11) is 1.64. The van der Waals surface area contributed by atoms with Crippen molar-refractivity contribution in [2.75, 3.05) is 32.2 Å². The molecule has 1 unspecified atom stereocenters. The topological polar surface area (TPSA) is 73.6 Å². The summed E-state index contributed by atoms with van der Waals surface area (Å²) in [5.41, 5.74) is 0.470. The zero-order valence-corrected chi connectivity index (χ0v) is 12.2. The van der Waals surface area contributed by atoms with Crippen LogP contribution in [0.3, 0.4) is 0 Å². The number of hydrogen-bond donors (Lipinski definition) is 1. The number of nitrogens with one attached hydrogen (secondary N) is 1. The summed E-state index contributed by atoms with van der Waals surface area (Å²) < 4.78 is 10.5. The van der Waals surface area contributed by atoms with E-state index in [9.17, 15) is 10.1 Å². The molecule has 20 heavy (non-hydrogen) atoms. The molecule has 0 aliphatic rings. The third-order valence-electron chi connectivity index (χ3n) is 2.74. The van der Waals surface area contributed by atoms with Crippen molar-refractivity contribution in [3.8, 4) is 5.75 Å². The highest BCUT2D eigenvalue weighted by Crippen LogP contribution is 2.34. The van der Waals surface area contributed by atoms with Crippen LogP contribution in [0.25, 0.3) is 0 Å². The molecule has 1 atom stereocenters. The fraction of sp³-hybridized carbons (Fsp3) is 0.571. The van der Waals surface area contributed by atoms with Crippen molar-refractivity contribution in [3.05, 3.63) is 28.3 Å². The molecular weight excluding hydrogens is 260 g/mol. The van der Waals surface area contributed by atoms with Gasteiger partial charge in [0.1, 0.15) is 5.69 Å². The molecule has 0 saturated carbocycles. The summed E-state index contributed by atoms with van der Waals surface area (Å²) in [5, 5.41) is 14.3. The van der Waals surface area contributed by atoms with Gasteiger partial charge in [-0.2, -0.15) is 0 Å². The minimum Gasteiger partial charge on any atom is -0.487 e. The first-order valence-corrected chi connectivity index (χ1v) is 6.73. The Hall–Kier alpha value is -1.82. The monoisotopic (exact) mass is 282 g/mol. The lowest BCUT2D eigenvalue weighted by molar-refractivity contribution is -0.385. The minimum atomic E-state index is -0.408. The van der Waals surface area contributed by atoms with Gasteiger partial charge in [0.15, 0.2) is 5.75 Å². The molecule has 1 N–H and O–H groups in total. The van der Waals surface area contributed by atoms with Gasteiger partial charge < -0.3 is 14.8 Å². The van der Waals surface area contributed by atoms with Gasteiger partial charge in [0.25, 0.3) is 0 Å². The van der Waals surface area contributed by atoms with E-state index in [2.05, 4.69) is 5.32 Å². The van der Waals surface area contributed by atoms with Crippen molar-refractivity contribution in [1.29, 1.82) is 0 Å². The Morgan fingerprint density at radius 1 is 1.45 bits per heavy atom. The highest BCUT2D eigenvalue weighted by Gasteiger charge is 2.21. The first-order valence-electron chi connectivity index (χ1n) is 6.73. The highest BCUT2D eigenvalue weighted by molar-refractivity contribution is 5.68. The number of nitro benzene ring substituents is 1. The molecule has 6 nitrogen and oxygen atoms in total. The Morgan fingerprint density at radius 3 is 2.80 bits per heavy atom. The van der Waals surface area contributed by atoms with Gasteiger partial charge in [0.2, 0.25) is 0 Å². The van der Waals surface area contributed by atoms with Crippen molar-refractivity contribution in [2.45, 2.75) is 20.3 Å². The average Bonchev–Trinajstić information content (AvgIpc) is 2.42. The third-order valence-corrected chi connectivity index (χ3v) is 2.74. The van der Waals surface area contributed by atoms with E-state index in [1.165, 1.54) is 0 Å². The number of nitrogens with zero attached hydrogens (tertiary/aromatic N) is 1. The first-order chi connectivity index (χ1) is 9.60. The second-order valence-electron chi connectivity index (χ2n) is 4.70. The molecule has 0 spiro atoms. The lowest BCUT2D eigenvalue weighted by atomic mass is 10.2. The van der Waals surface area contributed by atoms with Crippen LogP contribution < -0.4 is 10.1 Å². The van der Waals surface area contributed by atoms with Crippen LogP contribution in [0.2, 0.25) is 0 Å². The van der Waals surface area contributed by atoms with E-state index in [1.807, 2.05) is 13.8 Å². The van der Waals surface area contributed by atoms with Gasteiger partial charge in [-0.25, -0.2) is 0 Å². The van der Waals surface area contributed by atoms with Crippen molar-refractivity contribution >= 4 is 11.4 Å². The van der Waals surface area contributed by atoms with Crippen LogP contribution in [-0.2, 0) is 4.74 Å². The normalized spacial score (nSPS) is 11.9. The van der Waals surface area contributed by atoms with Gasteiger partial charge in [0.05, 0.1) is 18.1 Å². The molecule has 0 saturated heterocycles. The van der Waals surface area contributed by atoms with E-state index in [0.717, 1.165) is 6.42 Å². The third kappa shape index (κ3) is 4.70. The smallest absolute Gasteiger partial charge is 0.333 e. The summed E-state index contributed by atoms with van der Waals surface area (Å²) in [6, 6.07) is 5.06. The molecule has 0 amide bonds. The van der Waals surface area contributed by atoms with Gasteiger partial charge in [-0.1, -0.05) is 19.9 Å². The molecule has 0 bridgehead atoms. The van der Waals surface area contributed by atoms with Crippen LogP contribution in [-0.4, -0.2) is 31.8 Å². The number of rotatable bonds is 9. The maximum atomic E-state index is 11.2. The van der Waals surface area contributed by atoms with Gasteiger partial charge >= 0.3 is 5.69 Å². The van der Waals surface area contributed by atoms with Crippen LogP contribution in [0.15, 0.2) is 18.2 Å². The fourth-order valence-corrected chi connectivity index (χ4v) is 1.81. The second-order valence-corrected chi connectivity index (χ2v) is 4.70. The predicted octanol–water partition coefficient (Wildman–Crippen LogP) is 3.08. The van der Waals surface area contributed by atoms with Gasteiger partial charge in [-0.3, -0.25) is 10.1 Å².